The lowest BCUT2D eigenvalue weighted by Gasteiger charge is -2.22. The second-order valence-electron chi connectivity index (χ2n) is 8.96. The number of imidazole rings is 1. The smallest absolute Gasteiger partial charge is 0.157 e. The van der Waals surface area contributed by atoms with Crippen molar-refractivity contribution in [2.45, 2.75) is 52.0 Å². The molecule has 0 radical (unpaired) electrons. The van der Waals surface area contributed by atoms with E-state index in [1.165, 1.54) is 49.2 Å². The minimum absolute atomic E-state index is 0.833. The minimum atomic E-state index is 0.833. The van der Waals surface area contributed by atoms with Crippen LogP contribution in [0.25, 0.3) is 5.70 Å². The molecule has 170 valence electrons. The molecule has 32 heavy (non-hydrogen) atoms. The van der Waals surface area contributed by atoms with Crippen LogP contribution in [0.4, 0.5) is 0 Å². The average Bonchev–Trinajstić information content (AvgIpc) is 3.13. The molecule has 0 aliphatic carbocycles. The molecular weight excluding hydrogens is 412 g/mol. The summed E-state index contributed by atoms with van der Waals surface area (Å²) >= 11 is 1.69. The van der Waals surface area contributed by atoms with Crippen LogP contribution < -0.4 is 5.32 Å². The van der Waals surface area contributed by atoms with Gasteiger partial charge in [0.25, 0.3) is 0 Å². The van der Waals surface area contributed by atoms with Crippen LogP contribution in [0.2, 0.25) is 0 Å². The van der Waals surface area contributed by atoms with Crippen molar-refractivity contribution in [1.29, 1.82) is 0 Å². The summed E-state index contributed by atoms with van der Waals surface area (Å²) in [4.78, 5) is 7.15. The van der Waals surface area contributed by atoms with E-state index in [-0.39, 0.29) is 0 Å². The maximum absolute atomic E-state index is 5.01. The number of nitrogens with one attached hydrogen (secondary N) is 1. The van der Waals surface area contributed by atoms with E-state index in [1.807, 2.05) is 0 Å². The lowest BCUT2D eigenvalue weighted by atomic mass is 9.90. The van der Waals surface area contributed by atoms with Gasteiger partial charge in [0.1, 0.15) is 0 Å². The summed E-state index contributed by atoms with van der Waals surface area (Å²) in [6.07, 6.45) is 11.2. The van der Waals surface area contributed by atoms with Gasteiger partial charge in [-0.15, -0.1) is 11.8 Å². The van der Waals surface area contributed by atoms with E-state index in [4.69, 9.17) is 4.98 Å². The Balaban J connectivity index is 1.45. The Morgan fingerprint density at radius 1 is 1.12 bits per heavy atom. The van der Waals surface area contributed by atoms with Crippen molar-refractivity contribution in [2.75, 3.05) is 20.1 Å². The lowest BCUT2D eigenvalue weighted by Crippen LogP contribution is -2.28. The van der Waals surface area contributed by atoms with Gasteiger partial charge in [-0.2, -0.15) is 0 Å². The SMILES string of the molecule is C=C1C=CSC=C(c2nc(CCC)cn2CCc2ccc(CC3CCNCC3)cc2)N1C. The molecule has 0 saturated carbocycles. The predicted molar refractivity (Wildman–Crippen MR) is 137 cm³/mol. The Morgan fingerprint density at radius 2 is 1.88 bits per heavy atom. The number of hydrogen-bond acceptors (Lipinski definition) is 4. The monoisotopic (exact) mass is 448 g/mol. The molecule has 0 bridgehead atoms. The summed E-state index contributed by atoms with van der Waals surface area (Å²) in [5, 5.41) is 7.72. The number of benzene rings is 1. The fourth-order valence-corrected chi connectivity index (χ4v) is 5.21. The molecule has 0 atom stereocenters. The fraction of sp³-hybridized carbons (Fsp3) is 0.444. The molecule has 0 amide bonds. The first kappa shape index (κ1) is 22.9. The van der Waals surface area contributed by atoms with Gasteiger partial charge in [0.05, 0.1) is 11.4 Å². The van der Waals surface area contributed by atoms with Crippen LogP contribution in [0, 0.1) is 5.92 Å². The van der Waals surface area contributed by atoms with E-state index in [9.17, 15) is 0 Å². The number of thioether (sulfide) groups is 1. The second kappa shape index (κ2) is 11.1. The van der Waals surface area contributed by atoms with E-state index in [0.29, 0.717) is 0 Å². The summed E-state index contributed by atoms with van der Waals surface area (Å²) in [6, 6.07) is 9.31. The highest BCUT2D eigenvalue weighted by Crippen LogP contribution is 2.29. The third-order valence-electron chi connectivity index (χ3n) is 6.52. The Bertz CT molecular complexity index is 964. The quantitative estimate of drug-likeness (QED) is 0.568. The zero-order chi connectivity index (χ0) is 22.3. The molecule has 1 fully saturated rings. The summed E-state index contributed by atoms with van der Waals surface area (Å²) in [7, 11) is 2.07. The molecule has 1 N–H and O–H groups in total. The van der Waals surface area contributed by atoms with Crippen LogP contribution in [0.15, 0.2) is 59.6 Å². The summed E-state index contributed by atoms with van der Waals surface area (Å²) in [5.41, 5.74) is 6.13. The molecule has 0 spiro atoms. The van der Waals surface area contributed by atoms with Crippen LogP contribution >= 0.6 is 11.8 Å². The molecule has 2 aliphatic rings. The number of aryl methyl sites for hydroxylation is 3. The Labute approximate surface area is 197 Å². The molecular formula is C27H36N4S. The van der Waals surface area contributed by atoms with Crippen molar-refractivity contribution < 1.29 is 0 Å². The highest BCUT2D eigenvalue weighted by molar-refractivity contribution is 8.05. The van der Waals surface area contributed by atoms with Gasteiger partial charge < -0.3 is 14.8 Å². The standard InChI is InChI=1S/C27H36N4S/c1-4-5-25-19-31(27(29-25)26-20-32-17-13-21(2)30(26)3)16-12-22-6-8-23(9-7-22)18-24-10-14-28-15-11-24/h6-9,13,17,19-20,24,28H,2,4-5,10-12,14-16,18H2,1,3H3. The van der Waals surface area contributed by atoms with Gasteiger partial charge in [-0.05, 0) is 73.7 Å². The normalized spacial score (nSPS) is 17.5. The van der Waals surface area contributed by atoms with Gasteiger partial charge in [-0.3, -0.25) is 0 Å². The van der Waals surface area contributed by atoms with E-state index in [1.54, 1.807) is 11.8 Å². The van der Waals surface area contributed by atoms with Crippen molar-refractivity contribution in [3.63, 3.8) is 0 Å². The molecule has 4 rings (SSSR count). The number of aromatic nitrogens is 2. The Hall–Kier alpha value is -2.24. The van der Waals surface area contributed by atoms with Gasteiger partial charge >= 0.3 is 0 Å². The maximum Gasteiger partial charge on any atom is 0.157 e. The van der Waals surface area contributed by atoms with Crippen LogP contribution in [-0.4, -0.2) is 34.6 Å². The van der Waals surface area contributed by atoms with Crippen molar-refractivity contribution in [3.05, 3.63) is 82.3 Å². The molecule has 5 heteroatoms. The fourth-order valence-electron chi connectivity index (χ4n) is 4.50. The van der Waals surface area contributed by atoms with Gasteiger partial charge in [0.15, 0.2) is 5.82 Å². The third kappa shape index (κ3) is 5.76. The average molecular weight is 449 g/mol. The minimum Gasteiger partial charge on any atom is -0.342 e. The molecule has 2 aliphatic heterocycles. The van der Waals surface area contributed by atoms with Crippen LogP contribution in [0.5, 0.6) is 0 Å². The number of likely N-dealkylation sites (N-methyl/N-ethyl adjacent to an activating group) is 1. The van der Waals surface area contributed by atoms with Crippen molar-refractivity contribution in [2.24, 2.45) is 5.92 Å². The van der Waals surface area contributed by atoms with Gasteiger partial charge in [-0.1, -0.05) is 44.2 Å². The van der Waals surface area contributed by atoms with E-state index >= 15 is 0 Å². The largest absolute Gasteiger partial charge is 0.342 e. The Kier molecular flexibility index (Phi) is 7.93. The van der Waals surface area contributed by atoms with Gasteiger partial charge in [-0.25, -0.2) is 4.98 Å². The first-order valence-corrected chi connectivity index (χ1v) is 12.9. The highest BCUT2D eigenvalue weighted by atomic mass is 32.2. The van der Waals surface area contributed by atoms with Crippen LogP contribution in [-0.2, 0) is 25.8 Å². The summed E-state index contributed by atoms with van der Waals surface area (Å²) in [6.45, 7) is 9.67. The van der Waals surface area contributed by atoms with E-state index in [0.717, 1.165) is 48.9 Å². The number of hydrogen-bond donors (Lipinski definition) is 1. The van der Waals surface area contributed by atoms with Crippen LogP contribution in [0.3, 0.4) is 0 Å². The molecule has 3 heterocycles. The number of allylic oxidation sites excluding steroid dienone is 1. The molecule has 1 aromatic carbocycles. The van der Waals surface area contributed by atoms with Gasteiger partial charge in [0, 0.05) is 30.9 Å². The second-order valence-corrected chi connectivity index (χ2v) is 9.74. The molecule has 1 aromatic heterocycles. The first-order chi connectivity index (χ1) is 15.6. The van der Waals surface area contributed by atoms with Crippen molar-refractivity contribution >= 4 is 17.5 Å². The van der Waals surface area contributed by atoms with Crippen LogP contribution in [0.1, 0.15) is 48.8 Å². The number of rotatable bonds is 8. The molecule has 2 aromatic rings. The molecule has 4 nitrogen and oxygen atoms in total. The molecule has 1 saturated heterocycles. The zero-order valence-corrected chi connectivity index (χ0v) is 20.3. The van der Waals surface area contributed by atoms with Gasteiger partial charge in [0.2, 0.25) is 0 Å². The number of nitrogens with zero attached hydrogens (tertiary/aromatic N) is 3. The zero-order valence-electron chi connectivity index (χ0n) is 19.5. The lowest BCUT2D eigenvalue weighted by molar-refractivity contribution is 0.372. The summed E-state index contributed by atoms with van der Waals surface area (Å²) < 4.78 is 2.33. The van der Waals surface area contributed by atoms with Crippen molar-refractivity contribution in [1.82, 2.24) is 19.8 Å². The maximum atomic E-state index is 5.01. The molecule has 0 unspecified atom stereocenters. The predicted octanol–water partition coefficient (Wildman–Crippen LogP) is 5.62. The van der Waals surface area contributed by atoms with E-state index < -0.39 is 0 Å². The van der Waals surface area contributed by atoms with E-state index in [2.05, 4.69) is 82.7 Å². The Morgan fingerprint density at radius 3 is 2.62 bits per heavy atom. The topological polar surface area (TPSA) is 33.1 Å². The first-order valence-electron chi connectivity index (χ1n) is 11.9. The number of piperidine rings is 1. The summed E-state index contributed by atoms with van der Waals surface area (Å²) in [5.74, 6) is 1.87. The van der Waals surface area contributed by atoms with Crippen molar-refractivity contribution in [3.8, 4) is 0 Å². The highest BCUT2D eigenvalue weighted by Gasteiger charge is 2.18. The third-order valence-corrected chi connectivity index (χ3v) is 7.17.